The maximum absolute atomic E-state index is 6.22. The highest BCUT2D eigenvalue weighted by molar-refractivity contribution is 6.35. The van der Waals surface area contributed by atoms with E-state index in [1.807, 2.05) is 18.2 Å². The molecule has 2 rings (SSSR count). The fourth-order valence-corrected chi connectivity index (χ4v) is 3.08. The van der Waals surface area contributed by atoms with Gasteiger partial charge in [0.05, 0.1) is 0 Å². The van der Waals surface area contributed by atoms with Gasteiger partial charge in [-0.25, -0.2) is 0 Å². The van der Waals surface area contributed by atoms with Crippen LogP contribution in [0.4, 0.5) is 0 Å². The van der Waals surface area contributed by atoms with Gasteiger partial charge in [0.1, 0.15) is 0 Å². The lowest BCUT2D eigenvalue weighted by Crippen LogP contribution is -2.58. The van der Waals surface area contributed by atoms with Gasteiger partial charge in [-0.05, 0) is 37.5 Å². The molecule has 1 unspecified atom stereocenters. The van der Waals surface area contributed by atoms with E-state index in [0.29, 0.717) is 5.02 Å². The highest BCUT2D eigenvalue weighted by Crippen LogP contribution is 2.22. The SMILES string of the molecule is CCC1(C)CN(CCc2ccc(Cl)cc2Cl)CCN1. The Labute approximate surface area is 126 Å². The summed E-state index contributed by atoms with van der Waals surface area (Å²) in [4.78, 5) is 2.52. The van der Waals surface area contributed by atoms with Crippen molar-refractivity contribution in [3.63, 3.8) is 0 Å². The summed E-state index contributed by atoms with van der Waals surface area (Å²) < 4.78 is 0. The van der Waals surface area contributed by atoms with Crippen LogP contribution in [0, 0.1) is 0 Å². The molecule has 1 saturated heterocycles. The molecule has 1 N–H and O–H groups in total. The fourth-order valence-electron chi connectivity index (χ4n) is 2.57. The van der Waals surface area contributed by atoms with E-state index in [0.717, 1.165) is 44.0 Å². The fraction of sp³-hybridized carbons (Fsp3) is 0.600. The second-order valence-corrected chi connectivity index (χ2v) is 6.45. The molecule has 106 valence electrons. The smallest absolute Gasteiger partial charge is 0.0453 e. The van der Waals surface area contributed by atoms with E-state index in [4.69, 9.17) is 23.2 Å². The molecule has 1 aromatic carbocycles. The Morgan fingerprint density at radius 1 is 1.37 bits per heavy atom. The summed E-state index contributed by atoms with van der Waals surface area (Å²) in [6.07, 6.45) is 2.14. The minimum atomic E-state index is 0.252. The first kappa shape index (κ1) is 15.1. The van der Waals surface area contributed by atoms with Crippen LogP contribution in [0.25, 0.3) is 0 Å². The molecular formula is C15H22Cl2N2. The molecule has 1 heterocycles. The molecule has 0 spiro atoms. The van der Waals surface area contributed by atoms with Gasteiger partial charge in [0.15, 0.2) is 0 Å². The van der Waals surface area contributed by atoms with Crippen molar-refractivity contribution < 1.29 is 0 Å². The van der Waals surface area contributed by atoms with Gasteiger partial charge in [-0.15, -0.1) is 0 Å². The van der Waals surface area contributed by atoms with Crippen LogP contribution < -0.4 is 5.32 Å². The highest BCUT2D eigenvalue weighted by Gasteiger charge is 2.28. The Morgan fingerprint density at radius 3 is 2.84 bits per heavy atom. The first-order chi connectivity index (χ1) is 9.02. The first-order valence-electron chi connectivity index (χ1n) is 6.94. The third-order valence-electron chi connectivity index (χ3n) is 4.05. The minimum Gasteiger partial charge on any atom is -0.309 e. The van der Waals surface area contributed by atoms with Crippen LogP contribution in [0.2, 0.25) is 10.0 Å². The summed E-state index contributed by atoms with van der Waals surface area (Å²) in [5, 5.41) is 5.09. The normalized spacial score (nSPS) is 24.6. The average molecular weight is 301 g/mol. The Kier molecular flexibility index (Phi) is 5.13. The van der Waals surface area contributed by atoms with Gasteiger partial charge in [-0.3, -0.25) is 4.90 Å². The number of hydrogen-bond donors (Lipinski definition) is 1. The van der Waals surface area contributed by atoms with E-state index in [1.54, 1.807) is 0 Å². The average Bonchev–Trinajstić information content (AvgIpc) is 2.38. The number of hydrogen-bond acceptors (Lipinski definition) is 2. The summed E-state index contributed by atoms with van der Waals surface area (Å²) in [6.45, 7) is 8.88. The van der Waals surface area contributed by atoms with Gasteiger partial charge in [0.2, 0.25) is 0 Å². The molecule has 1 fully saturated rings. The van der Waals surface area contributed by atoms with E-state index in [1.165, 1.54) is 5.56 Å². The van der Waals surface area contributed by atoms with E-state index in [9.17, 15) is 0 Å². The summed E-state index contributed by atoms with van der Waals surface area (Å²) in [5.74, 6) is 0. The van der Waals surface area contributed by atoms with Crippen molar-refractivity contribution in [3.8, 4) is 0 Å². The van der Waals surface area contributed by atoms with Gasteiger partial charge in [-0.2, -0.15) is 0 Å². The summed E-state index contributed by atoms with van der Waals surface area (Å²) in [7, 11) is 0. The van der Waals surface area contributed by atoms with Crippen LogP contribution in [0.1, 0.15) is 25.8 Å². The monoisotopic (exact) mass is 300 g/mol. The predicted octanol–water partition coefficient (Wildman–Crippen LogP) is 3.61. The van der Waals surface area contributed by atoms with Crippen LogP contribution in [0.15, 0.2) is 18.2 Å². The van der Waals surface area contributed by atoms with Gasteiger partial charge in [0, 0.05) is 41.8 Å². The van der Waals surface area contributed by atoms with Crippen molar-refractivity contribution in [2.45, 2.75) is 32.2 Å². The molecule has 0 aromatic heterocycles. The van der Waals surface area contributed by atoms with Crippen LogP contribution in [-0.2, 0) is 6.42 Å². The number of piperazine rings is 1. The second kappa shape index (κ2) is 6.45. The lowest BCUT2D eigenvalue weighted by molar-refractivity contribution is 0.141. The molecule has 19 heavy (non-hydrogen) atoms. The van der Waals surface area contributed by atoms with Crippen molar-refractivity contribution in [2.75, 3.05) is 26.2 Å². The number of halogens is 2. The van der Waals surface area contributed by atoms with E-state index < -0.39 is 0 Å². The summed E-state index contributed by atoms with van der Waals surface area (Å²) >= 11 is 12.1. The number of nitrogens with zero attached hydrogens (tertiary/aromatic N) is 1. The Morgan fingerprint density at radius 2 is 2.16 bits per heavy atom. The zero-order valence-electron chi connectivity index (χ0n) is 11.7. The van der Waals surface area contributed by atoms with E-state index >= 15 is 0 Å². The van der Waals surface area contributed by atoms with E-state index in [2.05, 4.69) is 24.1 Å². The van der Waals surface area contributed by atoms with Crippen molar-refractivity contribution in [2.24, 2.45) is 0 Å². The highest BCUT2D eigenvalue weighted by atomic mass is 35.5. The minimum absolute atomic E-state index is 0.252. The molecule has 1 aliphatic heterocycles. The lowest BCUT2D eigenvalue weighted by atomic mass is 9.95. The third-order valence-corrected chi connectivity index (χ3v) is 4.63. The summed E-state index contributed by atoms with van der Waals surface area (Å²) in [5.41, 5.74) is 1.44. The van der Waals surface area contributed by atoms with Gasteiger partial charge < -0.3 is 5.32 Å². The van der Waals surface area contributed by atoms with E-state index in [-0.39, 0.29) is 5.54 Å². The summed E-state index contributed by atoms with van der Waals surface area (Å²) in [6, 6.07) is 5.77. The molecule has 0 amide bonds. The molecule has 0 bridgehead atoms. The first-order valence-corrected chi connectivity index (χ1v) is 7.69. The molecule has 0 saturated carbocycles. The second-order valence-electron chi connectivity index (χ2n) is 5.60. The van der Waals surface area contributed by atoms with Crippen LogP contribution in [0.3, 0.4) is 0 Å². The molecule has 1 atom stereocenters. The molecule has 0 aliphatic carbocycles. The van der Waals surface area contributed by atoms with Crippen LogP contribution >= 0.6 is 23.2 Å². The topological polar surface area (TPSA) is 15.3 Å². The Bertz CT molecular complexity index is 436. The Hall–Kier alpha value is -0.280. The standard InChI is InChI=1S/C15H22Cl2N2/c1-3-15(2)11-19(9-7-18-15)8-6-12-4-5-13(16)10-14(12)17/h4-5,10,18H,3,6-9,11H2,1-2H3. The van der Waals surface area contributed by atoms with Gasteiger partial charge >= 0.3 is 0 Å². The Balaban J connectivity index is 1.91. The third kappa shape index (κ3) is 4.09. The number of benzene rings is 1. The van der Waals surface area contributed by atoms with Crippen molar-refractivity contribution in [1.29, 1.82) is 0 Å². The maximum atomic E-state index is 6.22. The number of rotatable bonds is 4. The zero-order valence-corrected chi connectivity index (χ0v) is 13.2. The maximum Gasteiger partial charge on any atom is 0.0453 e. The largest absolute Gasteiger partial charge is 0.309 e. The van der Waals surface area contributed by atoms with Crippen LogP contribution in [0.5, 0.6) is 0 Å². The molecule has 1 aromatic rings. The van der Waals surface area contributed by atoms with Crippen molar-refractivity contribution >= 4 is 23.2 Å². The van der Waals surface area contributed by atoms with Crippen molar-refractivity contribution in [1.82, 2.24) is 10.2 Å². The van der Waals surface area contributed by atoms with Gasteiger partial charge in [-0.1, -0.05) is 36.2 Å². The molecule has 0 radical (unpaired) electrons. The number of nitrogens with one attached hydrogen (secondary N) is 1. The lowest BCUT2D eigenvalue weighted by Gasteiger charge is -2.41. The quantitative estimate of drug-likeness (QED) is 0.914. The zero-order chi connectivity index (χ0) is 13.9. The predicted molar refractivity (Wildman–Crippen MR) is 83.3 cm³/mol. The van der Waals surface area contributed by atoms with Gasteiger partial charge in [0.25, 0.3) is 0 Å². The van der Waals surface area contributed by atoms with Crippen LogP contribution in [-0.4, -0.2) is 36.6 Å². The molecule has 2 nitrogen and oxygen atoms in total. The molecule has 4 heteroatoms. The molecular weight excluding hydrogens is 279 g/mol. The molecule has 1 aliphatic rings. The van der Waals surface area contributed by atoms with Crippen molar-refractivity contribution in [3.05, 3.63) is 33.8 Å².